The molecule has 0 bridgehead atoms. The summed E-state index contributed by atoms with van der Waals surface area (Å²) in [6, 6.07) is 0. The van der Waals surface area contributed by atoms with Gasteiger partial charge in [-0.3, -0.25) is 9.59 Å². The SMILES string of the molecule is CC/C=C\C/C=C\C/C=C\C/C=C\C/C=C\C/C=C\C/C=C\C/C=C\C/C=C\C/C=C\CCCCCCCCCCC(=O)OC(CO)COC(=O)CCCCCCCCCCCCCCCCCCCCCCCCCCCCCCC/C=C\C/C=C\CCCCCCC. The lowest BCUT2D eigenvalue weighted by molar-refractivity contribution is -0.161. The Hall–Kier alpha value is -4.22. The van der Waals surface area contributed by atoms with Gasteiger partial charge < -0.3 is 14.6 Å². The van der Waals surface area contributed by atoms with E-state index in [2.05, 4.69) is 160 Å². The highest BCUT2D eigenvalue weighted by molar-refractivity contribution is 5.70. The van der Waals surface area contributed by atoms with Gasteiger partial charge in [0.1, 0.15) is 6.61 Å². The molecule has 0 saturated heterocycles. The molecular formula is C89H152O5. The van der Waals surface area contributed by atoms with Gasteiger partial charge in [0.05, 0.1) is 6.61 Å². The molecule has 1 N–H and O–H groups in total. The molecule has 0 aliphatic rings. The van der Waals surface area contributed by atoms with E-state index >= 15 is 0 Å². The van der Waals surface area contributed by atoms with Gasteiger partial charge in [-0.15, -0.1) is 0 Å². The Morgan fingerprint density at radius 2 is 0.457 bits per heavy atom. The van der Waals surface area contributed by atoms with E-state index in [1.807, 2.05) is 0 Å². The number of rotatable bonds is 74. The molecular weight excluding hydrogens is 1150 g/mol. The first-order chi connectivity index (χ1) is 46.6. The molecule has 538 valence electrons. The Balaban J connectivity index is 3.48. The van der Waals surface area contributed by atoms with Crippen molar-refractivity contribution in [1.82, 2.24) is 0 Å². The summed E-state index contributed by atoms with van der Waals surface area (Å²) in [5.74, 6) is -0.592. The van der Waals surface area contributed by atoms with E-state index in [1.54, 1.807) is 0 Å². The monoisotopic (exact) mass is 1300 g/mol. The minimum absolute atomic E-state index is 0.0726. The van der Waals surface area contributed by atoms with Crippen LogP contribution in [0.3, 0.4) is 0 Å². The van der Waals surface area contributed by atoms with Crippen LogP contribution in [0.1, 0.15) is 386 Å². The number of allylic oxidation sites excluding steroid dienone is 24. The Kier molecular flexibility index (Phi) is 79.3. The van der Waals surface area contributed by atoms with Crippen LogP contribution in [0.2, 0.25) is 0 Å². The predicted octanol–water partition coefficient (Wildman–Crippen LogP) is 28.8. The number of hydrogen-bond donors (Lipinski definition) is 1. The van der Waals surface area contributed by atoms with Gasteiger partial charge in [0.25, 0.3) is 0 Å². The second-order valence-electron chi connectivity index (χ2n) is 26.8. The molecule has 0 amide bonds. The van der Waals surface area contributed by atoms with Crippen molar-refractivity contribution in [3.05, 3.63) is 146 Å². The summed E-state index contributed by atoms with van der Waals surface area (Å²) in [6.07, 6.45) is 125. The number of ether oxygens (including phenoxy) is 2. The minimum atomic E-state index is -0.786. The van der Waals surface area contributed by atoms with Crippen molar-refractivity contribution in [2.45, 2.75) is 392 Å². The van der Waals surface area contributed by atoms with Crippen LogP contribution in [-0.4, -0.2) is 36.4 Å². The zero-order valence-corrected chi connectivity index (χ0v) is 61.9. The second-order valence-corrected chi connectivity index (χ2v) is 26.8. The molecule has 0 radical (unpaired) electrons. The molecule has 0 rings (SSSR count). The topological polar surface area (TPSA) is 72.8 Å². The number of aliphatic hydroxyl groups is 1. The average Bonchev–Trinajstić information content (AvgIpc) is 3.65. The summed E-state index contributed by atoms with van der Waals surface area (Å²) < 4.78 is 10.8. The van der Waals surface area contributed by atoms with E-state index in [1.165, 1.54) is 244 Å². The maximum atomic E-state index is 12.4. The van der Waals surface area contributed by atoms with Crippen LogP contribution in [0.4, 0.5) is 0 Å². The largest absolute Gasteiger partial charge is 0.462 e. The number of carbonyl (C=O) groups is 2. The summed E-state index contributed by atoms with van der Waals surface area (Å²) in [7, 11) is 0. The van der Waals surface area contributed by atoms with Crippen molar-refractivity contribution >= 4 is 11.9 Å². The quantitative estimate of drug-likeness (QED) is 0.0373. The molecule has 5 heteroatoms. The third-order valence-electron chi connectivity index (χ3n) is 17.6. The maximum Gasteiger partial charge on any atom is 0.306 e. The van der Waals surface area contributed by atoms with E-state index in [0.717, 1.165) is 116 Å². The first-order valence-corrected chi connectivity index (χ1v) is 40.4. The van der Waals surface area contributed by atoms with Gasteiger partial charge in [-0.25, -0.2) is 0 Å². The molecule has 0 saturated carbocycles. The summed E-state index contributed by atoms with van der Waals surface area (Å²) in [5.41, 5.74) is 0. The molecule has 0 aromatic carbocycles. The third-order valence-corrected chi connectivity index (χ3v) is 17.6. The maximum absolute atomic E-state index is 12.4. The van der Waals surface area contributed by atoms with Crippen LogP contribution in [0, 0.1) is 0 Å². The highest BCUT2D eigenvalue weighted by Crippen LogP contribution is 2.19. The van der Waals surface area contributed by atoms with Crippen molar-refractivity contribution in [2.75, 3.05) is 13.2 Å². The lowest BCUT2D eigenvalue weighted by Crippen LogP contribution is -2.28. The molecule has 0 spiro atoms. The van der Waals surface area contributed by atoms with E-state index in [-0.39, 0.29) is 25.2 Å². The first kappa shape index (κ1) is 89.8. The van der Waals surface area contributed by atoms with E-state index < -0.39 is 6.10 Å². The van der Waals surface area contributed by atoms with Crippen LogP contribution < -0.4 is 0 Å². The van der Waals surface area contributed by atoms with Crippen molar-refractivity contribution < 1.29 is 24.2 Å². The standard InChI is InChI=1S/C89H152O5/c1-3-5-7-9-11-13-15-17-19-21-23-25-27-29-31-33-35-37-39-41-43-44-46-47-49-51-53-55-57-59-61-63-65-67-69-71-73-75-77-79-81-83-88(91)93-86-87(85-90)94-89(92)84-82-80-78-76-74-72-70-68-66-64-62-60-58-56-54-52-50-48-45-42-40-38-36-34-32-30-28-26-24-22-20-18-16-14-12-10-8-6-4-2/h6,8,12,14-15,17-18,20-21,23-24,26,30,32,36,38,42,45,50,52,56,58,62,64,87,90H,3-5,7,9-11,13,16,19,22,25,27-29,31,33-35,37,39-41,43-44,46-49,51,53-55,57,59-61,63,65-86H2,1-2H3/b8-6-,14-12-,17-15-,20-18-,23-21-,26-24-,32-30-,38-36-,45-42-,52-50-,58-56-,64-62-. The Morgan fingerprint density at radius 3 is 0.691 bits per heavy atom. The summed E-state index contributed by atoms with van der Waals surface area (Å²) >= 11 is 0. The van der Waals surface area contributed by atoms with Gasteiger partial charge in [0.15, 0.2) is 6.10 Å². The molecule has 5 nitrogen and oxygen atoms in total. The van der Waals surface area contributed by atoms with Gasteiger partial charge in [-0.05, 0) is 122 Å². The van der Waals surface area contributed by atoms with E-state index in [4.69, 9.17) is 9.47 Å². The Bertz CT molecular complexity index is 1920. The van der Waals surface area contributed by atoms with Gasteiger partial charge >= 0.3 is 11.9 Å². The lowest BCUT2D eigenvalue weighted by atomic mass is 10.0. The van der Waals surface area contributed by atoms with Gasteiger partial charge in [0, 0.05) is 12.8 Å². The zero-order valence-electron chi connectivity index (χ0n) is 61.9. The average molecular weight is 1300 g/mol. The second kappa shape index (κ2) is 83.0. The molecule has 94 heavy (non-hydrogen) atoms. The number of unbranched alkanes of at least 4 members (excludes halogenated alkanes) is 42. The third kappa shape index (κ3) is 80.2. The van der Waals surface area contributed by atoms with Gasteiger partial charge in [-0.1, -0.05) is 397 Å². The highest BCUT2D eigenvalue weighted by atomic mass is 16.6. The van der Waals surface area contributed by atoms with E-state index in [0.29, 0.717) is 12.8 Å². The number of esters is 2. The summed E-state index contributed by atoms with van der Waals surface area (Å²) in [5, 5.41) is 9.73. The minimum Gasteiger partial charge on any atom is -0.462 e. The number of carbonyl (C=O) groups excluding carboxylic acids is 2. The zero-order chi connectivity index (χ0) is 67.5. The fraction of sp³-hybridized carbons (Fsp3) is 0.708. The van der Waals surface area contributed by atoms with Crippen molar-refractivity contribution in [3.63, 3.8) is 0 Å². The molecule has 0 heterocycles. The Morgan fingerprint density at radius 1 is 0.255 bits per heavy atom. The van der Waals surface area contributed by atoms with Crippen molar-refractivity contribution in [2.24, 2.45) is 0 Å². The smallest absolute Gasteiger partial charge is 0.306 e. The van der Waals surface area contributed by atoms with Crippen molar-refractivity contribution in [3.8, 4) is 0 Å². The summed E-state index contributed by atoms with van der Waals surface area (Å²) in [6.45, 7) is 4.04. The molecule has 0 aliphatic carbocycles. The van der Waals surface area contributed by atoms with Crippen molar-refractivity contribution in [1.29, 1.82) is 0 Å². The first-order valence-electron chi connectivity index (χ1n) is 40.4. The lowest BCUT2D eigenvalue weighted by Gasteiger charge is -2.15. The van der Waals surface area contributed by atoms with Crippen LogP contribution in [0.25, 0.3) is 0 Å². The predicted molar refractivity (Wildman–Crippen MR) is 417 cm³/mol. The van der Waals surface area contributed by atoms with Crippen LogP contribution in [0.5, 0.6) is 0 Å². The van der Waals surface area contributed by atoms with E-state index in [9.17, 15) is 14.7 Å². The molecule has 0 aliphatic heterocycles. The molecule has 1 atom stereocenters. The summed E-state index contributed by atoms with van der Waals surface area (Å²) in [4.78, 5) is 24.7. The molecule has 0 aromatic rings. The van der Waals surface area contributed by atoms with Crippen LogP contribution >= 0.6 is 0 Å². The number of aliphatic hydroxyl groups excluding tert-OH is 1. The van der Waals surface area contributed by atoms with Crippen LogP contribution in [-0.2, 0) is 19.1 Å². The highest BCUT2D eigenvalue weighted by Gasteiger charge is 2.16. The number of hydrogen-bond acceptors (Lipinski definition) is 5. The van der Waals surface area contributed by atoms with Gasteiger partial charge in [-0.2, -0.15) is 0 Å². The molecule has 0 fully saturated rings. The Labute approximate surface area is 584 Å². The fourth-order valence-corrected chi connectivity index (χ4v) is 11.6. The normalized spacial score (nSPS) is 13.0. The molecule has 1 unspecified atom stereocenters. The van der Waals surface area contributed by atoms with Crippen LogP contribution in [0.15, 0.2) is 146 Å². The van der Waals surface area contributed by atoms with Gasteiger partial charge in [0.2, 0.25) is 0 Å². The molecule has 0 aromatic heterocycles. The fourth-order valence-electron chi connectivity index (χ4n) is 11.6.